The zero-order valence-electron chi connectivity index (χ0n) is 24.7. The molecule has 0 unspecified atom stereocenters. The molecule has 14 heteroatoms. The highest BCUT2D eigenvalue weighted by Crippen LogP contribution is 2.27. The molecule has 6 rings (SSSR count). The highest BCUT2D eigenvalue weighted by Gasteiger charge is 2.39. The maximum atomic E-state index is 13.9. The summed E-state index contributed by atoms with van der Waals surface area (Å²) in [5.74, 6) is -0.799. The minimum Gasteiger partial charge on any atom is -0.341 e. The van der Waals surface area contributed by atoms with Crippen LogP contribution in [0.2, 0.25) is 5.02 Å². The van der Waals surface area contributed by atoms with Crippen LogP contribution in [0.5, 0.6) is 0 Å². The second kappa shape index (κ2) is 11.9. The van der Waals surface area contributed by atoms with E-state index in [-0.39, 0.29) is 35.0 Å². The third-order valence-electron chi connectivity index (χ3n) is 8.44. The monoisotopic (exact) mass is 669 g/mol. The quantitative estimate of drug-likeness (QED) is 0.300. The second-order valence-corrected chi connectivity index (χ2v) is 15.7. The summed E-state index contributed by atoms with van der Waals surface area (Å²) in [4.78, 5) is 34.3. The highest BCUT2D eigenvalue weighted by molar-refractivity contribution is 7.92. The van der Waals surface area contributed by atoms with Gasteiger partial charge in [-0.1, -0.05) is 41.4 Å². The van der Waals surface area contributed by atoms with Gasteiger partial charge < -0.3 is 9.80 Å². The first kappa shape index (κ1) is 31.2. The number of amides is 2. The lowest BCUT2D eigenvalue weighted by molar-refractivity contribution is -0.133. The van der Waals surface area contributed by atoms with E-state index in [0.29, 0.717) is 35.6 Å². The maximum Gasteiger partial charge on any atom is 0.330 e. The number of hydrogen-bond donors (Lipinski definition) is 1. The van der Waals surface area contributed by atoms with Gasteiger partial charge in [-0.25, -0.2) is 26.6 Å². The first-order valence-corrected chi connectivity index (χ1v) is 18.0. The molecule has 0 bridgehead atoms. The van der Waals surface area contributed by atoms with Gasteiger partial charge in [0.1, 0.15) is 11.9 Å². The third kappa shape index (κ3) is 6.22. The maximum absolute atomic E-state index is 13.9. The fourth-order valence-electron chi connectivity index (χ4n) is 5.97. The van der Waals surface area contributed by atoms with Crippen molar-refractivity contribution in [3.63, 3.8) is 0 Å². The number of benzene rings is 3. The van der Waals surface area contributed by atoms with Gasteiger partial charge in [-0.2, -0.15) is 4.72 Å². The lowest BCUT2D eigenvalue weighted by atomic mass is 10.0. The van der Waals surface area contributed by atoms with Crippen LogP contribution >= 0.6 is 11.6 Å². The van der Waals surface area contributed by atoms with Gasteiger partial charge in [-0.15, -0.1) is 0 Å². The average molecular weight is 670 g/mol. The number of sulfonamides is 1. The molecule has 1 N–H and O–H groups in total. The van der Waals surface area contributed by atoms with E-state index < -0.39 is 37.6 Å². The van der Waals surface area contributed by atoms with Gasteiger partial charge in [0.05, 0.1) is 34.0 Å². The van der Waals surface area contributed by atoms with Crippen LogP contribution in [0.15, 0.2) is 76.7 Å². The average Bonchev–Trinajstić information content (AvgIpc) is 3.54. The lowest BCUT2D eigenvalue weighted by Crippen LogP contribution is -2.55. The molecule has 1 fully saturated rings. The Hall–Kier alpha value is -3.78. The number of rotatable bonds is 8. The third-order valence-corrected chi connectivity index (χ3v) is 11.9. The van der Waals surface area contributed by atoms with Crippen molar-refractivity contribution in [1.29, 1.82) is 0 Å². The van der Waals surface area contributed by atoms with Gasteiger partial charge in [0, 0.05) is 24.2 Å². The molecule has 0 aliphatic carbocycles. The van der Waals surface area contributed by atoms with Crippen molar-refractivity contribution in [2.45, 2.75) is 55.1 Å². The van der Waals surface area contributed by atoms with Crippen LogP contribution in [-0.2, 0) is 31.2 Å². The molecular weight excluding hydrogens is 638 g/mol. The minimum atomic E-state index is -4.25. The minimum absolute atomic E-state index is 0.0374. The van der Waals surface area contributed by atoms with Crippen LogP contribution < -0.4 is 4.72 Å². The van der Waals surface area contributed by atoms with Gasteiger partial charge >= 0.3 is 6.03 Å². The number of carbonyl (C=O) groups is 2. The SMILES string of the molecule is Cc1ccc(S(=O)(=O)N[C@H](CS(=O)(=O)c2ccc3cc(Cl)ccc3c2)C(=O)N2CCC(N3Cc4cnc(C)n4C3=O)CC2)cc1. The second-order valence-electron chi connectivity index (χ2n) is 11.5. The van der Waals surface area contributed by atoms with Crippen LogP contribution in [-0.4, -0.2) is 79.1 Å². The first-order chi connectivity index (χ1) is 21.3. The molecule has 11 nitrogen and oxygen atoms in total. The summed E-state index contributed by atoms with van der Waals surface area (Å²) in [5.41, 5.74) is 1.66. The largest absolute Gasteiger partial charge is 0.341 e. The Balaban J connectivity index is 1.23. The predicted octanol–water partition coefficient (Wildman–Crippen LogP) is 3.90. The molecule has 236 valence electrons. The Morgan fingerprint density at radius 3 is 2.29 bits per heavy atom. The molecule has 0 radical (unpaired) electrons. The number of aromatic nitrogens is 2. The zero-order chi connectivity index (χ0) is 32.1. The molecule has 4 aromatic rings. The number of carbonyl (C=O) groups excluding carboxylic acids is 2. The van der Waals surface area contributed by atoms with Crippen LogP contribution in [0.1, 0.15) is 29.9 Å². The van der Waals surface area contributed by atoms with Crippen LogP contribution in [0.3, 0.4) is 0 Å². The van der Waals surface area contributed by atoms with Crippen molar-refractivity contribution in [2.24, 2.45) is 0 Å². The van der Waals surface area contributed by atoms with E-state index in [0.717, 1.165) is 16.6 Å². The van der Waals surface area contributed by atoms with E-state index in [1.54, 1.807) is 59.0 Å². The molecule has 1 aromatic heterocycles. The number of nitrogens with one attached hydrogen (secondary N) is 1. The molecule has 3 heterocycles. The fraction of sp³-hybridized carbons (Fsp3) is 0.323. The number of fused-ring (bicyclic) bond motifs is 2. The van der Waals surface area contributed by atoms with Crippen molar-refractivity contribution < 1.29 is 26.4 Å². The standard InChI is InChI=1S/C31H32ClN5O6S2/c1-20-3-8-27(9-4-20)45(42,43)34-29(19-44(40,41)28-10-6-22-15-24(32)7-5-23(22)16-28)30(38)35-13-11-25(12-14-35)36-18-26-17-33-21(2)37(26)31(36)39/h3-10,15-17,25,29,34H,11-14,18-19H2,1-2H3/t29-/m1/s1. The Kier molecular flexibility index (Phi) is 8.23. The van der Waals surface area contributed by atoms with E-state index in [1.165, 1.54) is 29.2 Å². The molecule has 2 amide bonds. The number of imidazole rings is 1. The van der Waals surface area contributed by atoms with E-state index in [1.807, 2.05) is 6.92 Å². The van der Waals surface area contributed by atoms with Crippen molar-refractivity contribution in [1.82, 2.24) is 24.1 Å². The highest BCUT2D eigenvalue weighted by atomic mass is 35.5. The number of halogens is 1. The topological polar surface area (TPSA) is 139 Å². The number of likely N-dealkylation sites (tertiary alicyclic amines) is 1. The fourth-order valence-corrected chi connectivity index (χ4v) is 8.88. The lowest BCUT2D eigenvalue weighted by Gasteiger charge is -2.37. The van der Waals surface area contributed by atoms with Crippen LogP contribution in [0.4, 0.5) is 4.79 Å². The number of hydrogen-bond acceptors (Lipinski definition) is 7. The molecule has 1 saturated heterocycles. The van der Waals surface area contributed by atoms with Crippen molar-refractivity contribution in [2.75, 3.05) is 18.8 Å². The van der Waals surface area contributed by atoms with Crippen molar-refractivity contribution in [3.05, 3.63) is 89.0 Å². The molecule has 2 aliphatic rings. The molecule has 1 atom stereocenters. The van der Waals surface area contributed by atoms with Crippen LogP contribution in [0, 0.1) is 13.8 Å². The van der Waals surface area contributed by atoms with Crippen molar-refractivity contribution in [3.8, 4) is 0 Å². The Bertz CT molecular complexity index is 2020. The van der Waals surface area contributed by atoms with E-state index in [2.05, 4.69) is 9.71 Å². The number of aryl methyl sites for hydroxylation is 2. The van der Waals surface area contributed by atoms with Crippen LogP contribution in [0.25, 0.3) is 10.8 Å². The van der Waals surface area contributed by atoms with E-state index in [4.69, 9.17) is 11.6 Å². The van der Waals surface area contributed by atoms with E-state index in [9.17, 15) is 26.4 Å². The molecule has 3 aromatic carbocycles. The summed E-state index contributed by atoms with van der Waals surface area (Å²) in [6, 6.07) is 13.8. The predicted molar refractivity (Wildman–Crippen MR) is 169 cm³/mol. The van der Waals surface area contributed by atoms with Crippen molar-refractivity contribution >= 4 is 54.2 Å². The Morgan fingerprint density at radius 2 is 1.60 bits per heavy atom. The van der Waals surface area contributed by atoms with E-state index >= 15 is 0 Å². The number of piperidine rings is 1. The summed E-state index contributed by atoms with van der Waals surface area (Å²) >= 11 is 6.07. The van der Waals surface area contributed by atoms with Gasteiger partial charge in [-0.3, -0.25) is 9.36 Å². The molecule has 2 aliphatic heterocycles. The van der Waals surface area contributed by atoms with Gasteiger partial charge in [0.2, 0.25) is 15.9 Å². The Labute approximate surface area is 266 Å². The first-order valence-electron chi connectivity index (χ1n) is 14.5. The molecular formula is C31H32ClN5O6S2. The zero-order valence-corrected chi connectivity index (χ0v) is 27.1. The van der Waals surface area contributed by atoms with Gasteiger partial charge in [0.25, 0.3) is 0 Å². The Morgan fingerprint density at radius 1 is 0.956 bits per heavy atom. The normalized spacial score (nSPS) is 16.7. The van der Waals surface area contributed by atoms with Gasteiger partial charge in [-0.05, 0) is 73.9 Å². The number of sulfone groups is 1. The number of nitrogens with zero attached hydrogens (tertiary/aromatic N) is 4. The smallest absolute Gasteiger partial charge is 0.330 e. The summed E-state index contributed by atoms with van der Waals surface area (Å²) < 4.78 is 58.2. The summed E-state index contributed by atoms with van der Waals surface area (Å²) in [6.45, 7) is 4.48. The summed E-state index contributed by atoms with van der Waals surface area (Å²) in [5, 5.41) is 1.89. The molecule has 0 spiro atoms. The molecule has 0 saturated carbocycles. The van der Waals surface area contributed by atoms with Gasteiger partial charge in [0.15, 0.2) is 9.84 Å². The molecule has 45 heavy (non-hydrogen) atoms. The summed E-state index contributed by atoms with van der Waals surface area (Å²) in [7, 11) is -8.39. The summed E-state index contributed by atoms with van der Waals surface area (Å²) in [6.07, 6.45) is 2.61.